The second-order valence-corrected chi connectivity index (χ2v) is 4.56. The maximum absolute atomic E-state index is 9.23. The molecule has 0 amide bonds. The predicted octanol–water partition coefficient (Wildman–Crippen LogP) is 1.57. The molecule has 76 valence electrons. The minimum atomic E-state index is -0.173. The van der Waals surface area contributed by atoms with Crippen molar-refractivity contribution in [2.45, 2.75) is 24.8 Å². The smallest absolute Gasteiger partial charge is 0.223 e. The molecule has 14 heavy (non-hydrogen) atoms. The standard InChI is InChI=1S/C9H12BrN3O/c10-7-4-11-8(12-5-7)13-9(6-14)2-1-3-9/h4-5,14H,1-3,6H2,(H,11,12,13). The zero-order valence-corrected chi connectivity index (χ0v) is 9.29. The van der Waals surface area contributed by atoms with E-state index in [-0.39, 0.29) is 12.1 Å². The Morgan fingerprint density at radius 1 is 1.43 bits per heavy atom. The molecule has 1 aliphatic carbocycles. The Labute approximate surface area is 90.9 Å². The van der Waals surface area contributed by atoms with Gasteiger partial charge in [-0.1, -0.05) is 0 Å². The van der Waals surface area contributed by atoms with Gasteiger partial charge in [-0.15, -0.1) is 0 Å². The molecular weight excluding hydrogens is 246 g/mol. The predicted molar refractivity (Wildman–Crippen MR) is 57.0 cm³/mol. The van der Waals surface area contributed by atoms with E-state index in [2.05, 4.69) is 31.2 Å². The second kappa shape index (κ2) is 3.82. The number of rotatable bonds is 3. The van der Waals surface area contributed by atoms with Crippen LogP contribution in [-0.4, -0.2) is 27.2 Å². The fraction of sp³-hybridized carbons (Fsp3) is 0.556. The summed E-state index contributed by atoms with van der Waals surface area (Å²) in [7, 11) is 0. The van der Waals surface area contributed by atoms with Crippen LogP contribution in [0.2, 0.25) is 0 Å². The lowest BCUT2D eigenvalue weighted by Gasteiger charge is -2.40. The van der Waals surface area contributed by atoms with Crippen LogP contribution in [0.15, 0.2) is 16.9 Å². The van der Waals surface area contributed by atoms with Crippen LogP contribution in [0, 0.1) is 0 Å². The van der Waals surface area contributed by atoms with Gasteiger partial charge in [0, 0.05) is 12.4 Å². The van der Waals surface area contributed by atoms with Gasteiger partial charge in [0.1, 0.15) is 0 Å². The summed E-state index contributed by atoms with van der Waals surface area (Å²) in [5.74, 6) is 0.585. The van der Waals surface area contributed by atoms with E-state index >= 15 is 0 Å². The van der Waals surface area contributed by atoms with E-state index in [1.165, 1.54) is 0 Å². The average molecular weight is 258 g/mol. The SMILES string of the molecule is OCC1(Nc2ncc(Br)cn2)CCC1. The lowest BCUT2D eigenvalue weighted by molar-refractivity contribution is 0.143. The highest BCUT2D eigenvalue weighted by atomic mass is 79.9. The second-order valence-electron chi connectivity index (χ2n) is 3.64. The number of halogens is 1. The van der Waals surface area contributed by atoms with Crippen molar-refractivity contribution in [3.8, 4) is 0 Å². The number of anilines is 1. The van der Waals surface area contributed by atoms with Crippen LogP contribution in [0.5, 0.6) is 0 Å². The number of nitrogens with one attached hydrogen (secondary N) is 1. The molecule has 2 rings (SSSR count). The summed E-state index contributed by atoms with van der Waals surface area (Å²) in [6.45, 7) is 0.145. The molecule has 1 aromatic rings. The van der Waals surface area contributed by atoms with Gasteiger partial charge in [-0.3, -0.25) is 0 Å². The first-order valence-corrected chi connectivity index (χ1v) is 5.40. The van der Waals surface area contributed by atoms with Crippen molar-refractivity contribution in [3.63, 3.8) is 0 Å². The Bertz CT molecular complexity index is 305. The summed E-state index contributed by atoms with van der Waals surface area (Å²) >= 11 is 3.27. The van der Waals surface area contributed by atoms with Gasteiger partial charge in [-0.05, 0) is 35.2 Å². The summed E-state index contributed by atoms with van der Waals surface area (Å²) in [4.78, 5) is 8.23. The monoisotopic (exact) mass is 257 g/mol. The molecule has 0 radical (unpaired) electrons. The molecule has 0 bridgehead atoms. The highest BCUT2D eigenvalue weighted by Crippen LogP contribution is 2.33. The van der Waals surface area contributed by atoms with Gasteiger partial charge >= 0.3 is 0 Å². The van der Waals surface area contributed by atoms with Crippen LogP contribution < -0.4 is 5.32 Å². The maximum Gasteiger partial charge on any atom is 0.223 e. The van der Waals surface area contributed by atoms with E-state index < -0.39 is 0 Å². The molecule has 0 unspecified atom stereocenters. The molecule has 5 heteroatoms. The van der Waals surface area contributed by atoms with Crippen molar-refractivity contribution >= 4 is 21.9 Å². The van der Waals surface area contributed by atoms with Gasteiger partial charge in [-0.25, -0.2) is 9.97 Å². The Kier molecular flexibility index (Phi) is 2.69. The highest BCUT2D eigenvalue weighted by molar-refractivity contribution is 9.10. The van der Waals surface area contributed by atoms with Gasteiger partial charge < -0.3 is 10.4 Å². The fourth-order valence-electron chi connectivity index (χ4n) is 1.54. The Balaban J connectivity index is 2.06. The van der Waals surface area contributed by atoms with Crippen molar-refractivity contribution in [3.05, 3.63) is 16.9 Å². The molecule has 0 atom stereocenters. The minimum absolute atomic E-state index is 0.145. The quantitative estimate of drug-likeness (QED) is 0.863. The summed E-state index contributed by atoms with van der Waals surface area (Å²) in [6.07, 6.45) is 6.52. The first kappa shape index (κ1) is 9.86. The zero-order chi connectivity index (χ0) is 10.0. The van der Waals surface area contributed by atoms with Gasteiger partial charge in [-0.2, -0.15) is 0 Å². The van der Waals surface area contributed by atoms with Crippen LogP contribution in [0.1, 0.15) is 19.3 Å². The minimum Gasteiger partial charge on any atom is -0.394 e. The van der Waals surface area contributed by atoms with E-state index in [1.807, 2.05) is 0 Å². The Morgan fingerprint density at radius 2 is 2.07 bits per heavy atom. The number of hydrogen-bond acceptors (Lipinski definition) is 4. The molecule has 0 spiro atoms. The van der Waals surface area contributed by atoms with Gasteiger partial charge in [0.2, 0.25) is 5.95 Å². The Hall–Kier alpha value is -0.680. The number of aliphatic hydroxyl groups excluding tert-OH is 1. The molecule has 1 aromatic heterocycles. The Morgan fingerprint density at radius 3 is 2.50 bits per heavy atom. The van der Waals surface area contributed by atoms with E-state index in [9.17, 15) is 5.11 Å². The molecule has 0 saturated heterocycles. The summed E-state index contributed by atoms with van der Waals surface area (Å²) in [5, 5.41) is 12.4. The van der Waals surface area contributed by atoms with Crippen molar-refractivity contribution in [2.24, 2.45) is 0 Å². The molecule has 1 saturated carbocycles. The molecule has 0 aromatic carbocycles. The molecule has 0 aliphatic heterocycles. The van der Waals surface area contributed by atoms with E-state index in [0.29, 0.717) is 5.95 Å². The molecule has 1 heterocycles. The third-order valence-electron chi connectivity index (χ3n) is 2.61. The van der Waals surface area contributed by atoms with Crippen LogP contribution >= 0.6 is 15.9 Å². The van der Waals surface area contributed by atoms with E-state index in [0.717, 1.165) is 23.7 Å². The average Bonchev–Trinajstić information content (AvgIpc) is 2.15. The fourth-order valence-corrected chi connectivity index (χ4v) is 1.74. The van der Waals surface area contributed by atoms with Crippen molar-refractivity contribution in [1.82, 2.24) is 9.97 Å². The van der Waals surface area contributed by atoms with E-state index in [4.69, 9.17) is 0 Å². The van der Waals surface area contributed by atoms with Gasteiger partial charge in [0.05, 0.1) is 16.6 Å². The van der Waals surface area contributed by atoms with Crippen LogP contribution in [0.3, 0.4) is 0 Å². The first-order valence-electron chi connectivity index (χ1n) is 4.61. The molecular formula is C9H12BrN3O. The summed E-state index contributed by atoms with van der Waals surface area (Å²) in [6, 6.07) is 0. The van der Waals surface area contributed by atoms with Crippen LogP contribution in [-0.2, 0) is 0 Å². The lowest BCUT2D eigenvalue weighted by atomic mass is 9.77. The number of nitrogens with zero attached hydrogens (tertiary/aromatic N) is 2. The van der Waals surface area contributed by atoms with E-state index in [1.54, 1.807) is 12.4 Å². The largest absolute Gasteiger partial charge is 0.394 e. The lowest BCUT2D eigenvalue weighted by Crippen LogP contribution is -2.48. The number of hydrogen-bond donors (Lipinski definition) is 2. The molecule has 1 fully saturated rings. The summed E-state index contributed by atoms with van der Waals surface area (Å²) < 4.78 is 0.856. The molecule has 1 aliphatic rings. The van der Waals surface area contributed by atoms with Gasteiger partial charge in [0.15, 0.2) is 0 Å². The molecule has 4 nitrogen and oxygen atoms in total. The third-order valence-corrected chi connectivity index (χ3v) is 3.02. The van der Waals surface area contributed by atoms with Crippen molar-refractivity contribution in [1.29, 1.82) is 0 Å². The highest BCUT2D eigenvalue weighted by Gasteiger charge is 2.36. The first-order chi connectivity index (χ1) is 6.74. The zero-order valence-electron chi connectivity index (χ0n) is 7.70. The van der Waals surface area contributed by atoms with Gasteiger partial charge in [0.25, 0.3) is 0 Å². The topological polar surface area (TPSA) is 58.0 Å². The van der Waals surface area contributed by atoms with Crippen LogP contribution in [0.4, 0.5) is 5.95 Å². The summed E-state index contributed by atoms with van der Waals surface area (Å²) in [5.41, 5.74) is -0.173. The van der Waals surface area contributed by atoms with Crippen LogP contribution in [0.25, 0.3) is 0 Å². The van der Waals surface area contributed by atoms with Crippen molar-refractivity contribution in [2.75, 3.05) is 11.9 Å². The molecule has 2 N–H and O–H groups in total. The number of aromatic nitrogens is 2. The third kappa shape index (κ3) is 1.88. The number of aliphatic hydroxyl groups is 1. The van der Waals surface area contributed by atoms with Crippen molar-refractivity contribution < 1.29 is 5.11 Å². The maximum atomic E-state index is 9.23. The normalized spacial score (nSPS) is 18.7.